The van der Waals surface area contributed by atoms with Crippen molar-refractivity contribution in [3.63, 3.8) is 0 Å². The maximum Gasteiger partial charge on any atom is 0.292 e. The van der Waals surface area contributed by atoms with Gasteiger partial charge in [0.2, 0.25) is 0 Å². The van der Waals surface area contributed by atoms with Crippen molar-refractivity contribution in [1.82, 2.24) is 0 Å². The summed E-state index contributed by atoms with van der Waals surface area (Å²) in [5.41, 5.74) is 1.66. The zero-order chi connectivity index (χ0) is 13.0. The SMILES string of the molecule is Cc1ccc(NC2CCCOCC2)c([N+](=O)[O-])c1. The summed E-state index contributed by atoms with van der Waals surface area (Å²) in [6.07, 6.45) is 2.88. The third-order valence-corrected chi connectivity index (χ3v) is 3.16. The maximum absolute atomic E-state index is 11.0. The van der Waals surface area contributed by atoms with Crippen LogP contribution in [0.1, 0.15) is 24.8 Å². The minimum atomic E-state index is -0.331. The molecule has 1 aliphatic rings. The number of nitrogens with one attached hydrogen (secondary N) is 1. The van der Waals surface area contributed by atoms with Gasteiger partial charge in [-0.1, -0.05) is 6.07 Å². The Labute approximate surface area is 106 Å². The van der Waals surface area contributed by atoms with Gasteiger partial charge in [-0.15, -0.1) is 0 Å². The summed E-state index contributed by atoms with van der Waals surface area (Å²) in [5, 5.41) is 14.3. The van der Waals surface area contributed by atoms with Gasteiger partial charge in [-0.05, 0) is 37.8 Å². The Morgan fingerprint density at radius 2 is 2.22 bits per heavy atom. The van der Waals surface area contributed by atoms with E-state index in [2.05, 4.69) is 5.32 Å². The highest BCUT2D eigenvalue weighted by Gasteiger charge is 2.18. The predicted octanol–water partition coefficient (Wildman–Crippen LogP) is 2.88. The molecule has 1 heterocycles. The van der Waals surface area contributed by atoms with Crippen LogP contribution in [0.3, 0.4) is 0 Å². The number of rotatable bonds is 3. The molecule has 0 radical (unpaired) electrons. The fourth-order valence-electron chi connectivity index (χ4n) is 2.18. The Kier molecular flexibility index (Phi) is 4.15. The van der Waals surface area contributed by atoms with Crippen LogP contribution in [0.25, 0.3) is 0 Å². The second-order valence-electron chi connectivity index (χ2n) is 4.66. The Bertz CT molecular complexity index is 426. The number of anilines is 1. The van der Waals surface area contributed by atoms with Crippen LogP contribution in [0.4, 0.5) is 11.4 Å². The molecule has 1 unspecified atom stereocenters. The summed E-state index contributed by atoms with van der Waals surface area (Å²) in [5.74, 6) is 0. The first-order valence-electron chi connectivity index (χ1n) is 6.26. The summed E-state index contributed by atoms with van der Waals surface area (Å²) in [4.78, 5) is 10.7. The second kappa shape index (κ2) is 5.82. The highest BCUT2D eigenvalue weighted by Crippen LogP contribution is 2.27. The minimum Gasteiger partial charge on any atom is -0.381 e. The molecule has 18 heavy (non-hydrogen) atoms. The van der Waals surface area contributed by atoms with Gasteiger partial charge in [0, 0.05) is 25.3 Å². The van der Waals surface area contributed by atoms with Crippen LogP contribution in [0.2, 0.25) is 0 Å². The second-order valence-corrected chi connectivity index (χ2v) is 4.66. The van der Waals surface area contributed by atoms with Gasteiger partial charge in [0.05, 0.1) is 4.92 Å². The summed E-state index contributed by atoms with van der Waals surface area (Å²) >= 11 is 0. The molecule has 0 aliphatic carbocycles. The van der Waals surface area contributed by atoms with Crippen LogP contribution in [0.15, 0.2) is 18.2 Å². The Morgan fingerprint density at radius 1 is 1.39 bits per heavy atom. The van der Waals surface area contributed by atoms with E-state index >= 15 is 0 Å². The van der Waals surface area contributed by atoms with Gasteiger partial charge in [0.1, 0.15) is 5.69 Å². The Balaban J connectivity index is 2.14. The number of nitro benzene ring substituents is 1. The predicted molar refractivity (Wildman–Crippen MR) is 69.9 cm³/mol. The Morgan fingerprint density at radius 3 is 3.00 bits per heavy atom. The van der Waals surface area contributed by atoms with Crippen molar-refractivity contribution < 1.29 is 9.66 Å². The van der Waals surface area contributed by atoms with Gasteiger partial charge in [-0.2, -0.15) is 0 Å². The zero-order valence-electron chi connectivity index (χ0n) is 10.5. The van der Waals surface area contributed by atoms with Crippen LogP contribution in [-0.4, -0.2) is 24.2 Å². The molecule has 1 aromatic carbocycles. The number of aryl methyl sites for hydroxylation is 1. The lowest BCUT2D eigenvalue weighted by atomic mass is 10.1. The molecular weight excluding hydrogens is 232 g/mol. The first kappa shape index (κ1) is 12.8. The van der Waals surface area contributed by atoms with Gasteiger partial charge in [0.25, 0.3) is 5.69 Å². The minimum absolute atomic E-state index is 0.153. The molecule has 0 amide bonds. The van der Waals surface area contributed by atoms with E-state index in [0.29, 0.717) is 5.69 Å². The van der Waals surface area contributed by atoms with E-state index in [1.54, 1.807) is 12.1 Å². The molecule has 1 aliphatic heterocycles. The lowest BCUT2D eigenvalue weighted by Crippen LogP contribution is -2.20. The van der Waals surface area contributed by atoms with E-state index in [9.17, 15) is 10.1 Å². The quantitative estimate of drug-likeness (QED) is 0.661. The third kappa shape index (κ3) is 3.20. The monoisotopic (exact) mass is 250 g/mol. The Hall–Kier alpha value is -1.62. The van der Waals surface area contributed by atoms with Crippen molar-refractivity contribution in [2.24, 2.45) is 0 Å². The van der Waals surface area contributed by atoms with Crippen LogP contribution < -0.4 is 5.32 Å². The highest BCUT2D eigenvalue weighted by molar-refractivity contribution is 5.62. The van der Waals surface area contributed by atoms with Gasteiger partial charge in [0.15, 0.2) is 0 Å². The molecule has 5 heteroatoms. The molecule has 1 N–H and O–H groups in total. The average Bonchev–Trinajstić information content (AvgIpc) is 2.60. The maximum atomic E-state index is 11.0. The molecule has 0 spiro atoms. The fraction of sp³-hybridized carbons (Fsp3) is 0.538. The van der Waals surface area contributed by atoms with Crippen molar-refractivity contribution in [1.29, 1.82) is 0 Å². The first-order chi connectivity index (χ1) is 8.66. The smallest absolute Gasteiger partial charge is 0.292 e. The summed E-state index contributed by atoms with van der Waals surface area (Å²) < 4.78 is 5.39. The lowest BCUT2D eigenvalue weighted by Gasteiger charge is -2.17. The molecular formula is C13H18N2O3. The molecule has 0 aromatic heterocycles. The van der Waals surface area contributed by atoms with Gasteiger partial charge in [-0.3, -0.25) is 10.1 Å². The van der Waals surface area contributed by atoms with E-state index in [4.69, 9.17) is 4.74 Å². The van der Waals surface area contributed by atoms with Gasteiger partial charge >= 0.3 is 0 Å². The van der Waals surface area contributed by atoms with E-state index in [1.807, 2.05) is 13.0 Å². The number of nitro groups is 1. The summed E-state index contributed by atoms with van der Waals surface area (Å²) in [6.45, 7) is 3.36. The largest absolute Gasteiger partial charge is 0.381 e. The molecule has 1 fully saturated rings. The van der Waals surface area contributed by atoms with Crippen LogP contribution in [0.5, 0.6) is 0 Å². The van der Waals surface area contributed by atoms with E-state index < -0.39 is 0 Å². The summed E-state index contributed by atoms with van der Waals surface area (Å²) in [6, 6.07) is 5.55. The molecule has 98 valence electrons. The van der Waals surface area contributed by atoms with Gasteiger partial charge in [-0.25, -0.2) is 0 Å². The fourth-order valence-corrected chi connectivity index (χ4v) is 2.18. The molecule has 1 aromatic rings. The molecule has 2 rings (SSSR count). The standard InChI is InChI=1S/C13H18N2O3/c1-10-4-5-12(13(9-10)15(16)17)14-11-3-2-7-18-8-6-11/h4-5,9,11,14H,2-3,6-8H2,1H3. The molecule has 1 saturated heterocycles. The van der Waals surface area contributed by atoms with E-state index in [0.717, 1.165) is 38.0 Å². The zero-order valence-corrected chi connectivity index (χ0v) is 10.5. The molecule has 1 atom stereocenters. The van der Waals surface area contributed by atoms with Crippen molar-refractivity contribution in [2.75, 3.05) is 18.5 Å². The highest BCUT2D eigenvalue weighted by atomic mass is 16.6. The third-order valence-electron chi connectivity index (χ3n) is 3.16. The van der Waals surface area contributed by atoms with Crippen molar-refractivity contribution in [3.05, 3.63) is 33.9 Å². The van der Waals surface area contributed by atoms with Crippen molar-refractivity contribution in [2.45, 2.75) is 32.2 Å². The number of hydrogen-bond acceptors (Lipinski definition) is 4. The molecule has 0 saturated carbocycles. The molecule has 0 bridgehead atoms. The van der Waals surface area contributed by atoms with Crippen LogP contribution in [-0.2, 0) is 4.74 Å². The number of hydrogen-bond donors (Lipinski definition) is 1. The van der Waals surface area contributed by atoms with E-state index in [1.165, 1.54) is 0 Å². The lowest BCUT2D eigenvalue weighted by molar-refractivity contribution is -0.384. The van der Waals surface area contributed by atoms with Crippen LogP contribution >= 0.6 is 0 Å². The van der Waals surface area contributed by atoms with E-state index in [-0.39, 0.29) is 16.7 Å². The molecule has 5 nitrogen and oxygen atoms in total. The topological polar surface area (TPSA) is 64.4 Å². The number of nitrogens with zero attached hydrogens (tertiary/aromatic N) is 1. The van der Waals surface area contributed by atoms with Crippen LogP contribution in [0, 0.1) is 17.0 Å². The number of ether oxygens (including phenoxy) is 1. The van der Waals surface area contributed by atoms with Crippen molar-refractivity contribution >= 4 is 11.4 Å². The average molecular weight is 250 g/mol. The number of benzene rings is 1. The first-order valence-corrected chi connectivity index (χ1v) is 6.26. The summed E-state index contributed by atoms with van der Waals surface area (Å²) in [7, 11) is 0. The van der Waals surface area contributed by atoms with Gasteiger partial charge < -0.3 is 10.1 Å². The van der Waals surface area contributed by atoms with Crippen molar-refractivity contribution in [3.8, 4) is 0 Å². The normalized spacial score (nSPS) is 20.2.